The zero-order valence-corrected chi connectivity index (χ0v) is 18.8. The number of hydrogen-bond donors (Lipinski definition) is 3. The minimum atomic E-state index is -4.19. The summed E-state index contributed by atoms with van der Waals surface area (Å²) < 4.78 is 33.2. The van der Waals surface area contributed by atoms with Gasteiger partial charge >= 0.3 is 5.97 Å². The van der Waals surface area contributed by atoms with Gasteiger partial charge < -0.3 is 20.6 Å². The number of benzene rings is 1. The van der Waals surface area contributed by atoms with Crippen molar-refractivity contribution in [1.82, 2.24) is 9.97 Å². The van der Waals surface area contributed by atoms with Crippen LogP contribution in [0.4, 0.5) is 5.82 Å². The number of pyridine rings is 2. The molecule has 11 heteroatoms. The number of nitrogens with zero attached hydrogens (tertiary/aromatic N) is 2. The number of carbonyl (C=O) groups is 1. The number of nitrogens with one attached hydrogen (secondary N) is 1. The highest BCUT2D eigenvalue weighted by molar-refractivity contribution is 7.92. The smallest absolute Gasteiger partial charge is 0.322 e. The Morgan fingerprint density at radius 2 is 1.91 bits per heavy atom. The van der Waals surface area contributed by atoms with Crippen molar-refractivity contribution in [2.45, 2.75) is 16.2 Å². The molecule has 0 saturated carbocycles. The molecule has 0 radical (unpaired) electrons. The normalized spacial score (nSPS) is 13.1. The number of fused-ring (bicyclic) bond motifs is 1. The fourth-order valence-electron chi connectivity index (χ4n) is 3.36. The molecule has 1 unspecified atom stereocenters. The van der Waals surface area contributed by atoms with Crippen LogP contribution in [0.5, 0.6) is 0 Å². The first-order chi connectivity index (χ1) is 15.3. The molecule has 0 aliphatic heterocycles. The minimum absolute atomic E-state index is 0. The van der Waals surface area contributed by atoms with E-state index in [1.54, 1.807) is 18.2 Å². The summed E-state index contributed by atoms with van der Waals surface area (Å²) in [5, 5.41) is 12.4. The Bertz CT molecular complexity index is 1340. The van der Waals surface area contributed by atoms with Gasteiger partial charge in [0.2, 0.25) is 9.84 Å². The number of carboxylic acid groups (broad SMARTS) is 1. The van der Waals surface area contributed by atoms with E-state index >= 15 is 0 Å². The van der Waals surface area contributed by atoms with Crippen molar-refractivity contribution in [2.75, 3.05) is 11.9 Å². The monoisotopic (exact) mass is 488 g/mol. The Balaban J connectivity index is 0.00000306. The second kappa shape index (κ2) is 9.57. The van der Waals surface area contributed by atoms with E-state index in [0.717, 1.165) is 5.39 Å². The molecular weight excluding hydrogens is 468 g/mol. The van der Waals surface area contributed by atoms with E-state index in [4.69, 9.17) is 15.3 Å². The molecule has 0 spiro atoms. The maximum absolute atomic E-state index is 13.7. The summed E-state index contributed by atoms with van der Waals surface area (Å²) >= 11 is 0. The van der Waals surface area contributed by atoms with Crippen molar-refractivity contribution in [2.24, 2.45) is 5.73 Å². The van der Waals surface area contributed by atoms with E-state index in [1.807, 2.05) is 18.2 Å². The van der Waals surface area contributed by atoms with Crippen LogP contribution in [0.1, 0.15) is 11.5 Å². The molecule has 0 amide bonds. The van der Waals surface area contributed by atoms with Gasteiger partial charge in [-0.05, 0) is 36.4 Å². The van der Waals surface area contributed by atoms with Gasteiger partial charge in [0.1, 0.15) is 23.7 Å². The van der Waals surface area contributed by atoms with Crippen LogP contribution in [0.3, 0.4) is 0 Å². The summed E-state index contributed by atoms with van der Waals surface area (Å²) in [7, 11) is -4.19. The number of rotatable bonds is 8. The highest BCUT2D eigenvalue weighted by Crippen LogP contribution is 2.35. The number of para-hydroxylation sites is 1. The lowest BCUT2D eigenvalue weighted by Gasteiger charge is -2.28. The molecule has 0 fully saturated rings. The van der Waals surface area contributed by atoms with Crippen LogP contribution < -0.4 is 11.1 Å². The van der Waals surface area contributed by atoms with Crippen molar-refractivity contribution in [1.29, 1.82) is 0 Å². The fourth-order valence-corrected chi connectivity index (χ4v) is 4.96. The second-order valence-electron chi connectivity index (χ2n) is 7.16. The number of aromatic nitrogens is 2. The first-order valence-electron chi connectivity index (χ1n) is 9.64. The summed E-state index contributed by atoms with van der Waals surface area (Å²) in [4.78, 5) is 17.0. The van der Waals surface area contributed by atoms with Crippen LogP contribution in [-0.4, -0.2) is 36.0 Å². The van der Waals surface area contributed by atoms with Gasteiger partial charge in [0.25, 0.3) is 0 Å². The molecule has 33 heavy (non-hydrogen) atoms. The van der Waals surface area contributed by atoms with Gasteiger partial charge in [-0.2, -0.15) is 0 Å². The number of nitrogens with two attached hydrogens (primary N) is 1. The third-order valence-electron chi connectivity index (χ3n) is 4.94. The number of halogens is 1. The van der Waals surface area contributed by atoms with Gasteiger partial charge in [0.15, 0.2) is 4.87 Å². The fraction of sp³-hybridized carbons (Fsp3) is 0.136. The Morgan fingerprint density at radius 3 is 2.61 bits per heavy atom. The molecule has 1 aromatic carbocycles. The van der Waals surface area contributed by atoms with E-state index in [1.165, 1.54) is 36.7 Å². The number of sulfone groups is 1. The van der Waals surface area contributed by atoms with Gasteiger partial charge in [-0.3, -0.25) is 9.78 Å². The zero-order valence-electron chi connectivity index (χ0n) is 17.2. The zero-order chi connectivity index (χ0) is 22.8. The number of aliphatic carboxylic acids is 1. The lowest BCUT2D eigenvalue weighted by molar-refractivity contribution is -0.134. The maximum atomic E-state index is 13.7. The average Bonchev–Trinajstić information content (AvgIpc) is 3.20. The Hall–Kier alpha value is -3.47. The Kier molecular flexibility index (Phi) is 7.01. The van der Waals surface area contributed by atoms with Gasteiger partial charge in [-0.15, -0.1) is 12.4 Å². The summed E-state index contributed by atoms with van der Waals surface area (Å²) in [6.45, 7) is -0.382. The molecular formula is C22H21ClN4O5S. The quantitative estimate of drug-likeness (QED) is 0.340. The molecule has 172 valence electrons. The van der Waals surface area contributed by atoms with E-state index in [0.29, 0.717) is 11.3 Å². The number of furan rings is 1. The van der Waals surface area contributed by atoms with Crippen molar-refractivity contribution in [3.63, 3.8) is 0 Å². The van der Waals surface area contributed by atoms with Crippen molar-refractivity contribution >= 4 is 45.0 Å². The van der Waals surface area contributed by atoms with Crippen LogP contribution in [0.2, 0.25) is 0 Å². The highest BCUT2D eigenvalue weighted by Gasteiger charge is 2.45. The predicted octanol–water partition coefficient (Wildman–Crippen LogP) is 2.97. The first-order valence-corrected chi connectivity index (χ1v) is 11.1. The predicted molar refractivity (Wildman–Crippen MR) is 125 cm³/mol. The van der Waals surface area contributed by atoms with E-state index in [9.17, 15) is 13.2 Å². The maximum Gasteiger partial charge on any atom is 0.322 e. The summed E-state index contributed by atoms with van der Waals surface area (Å²) in [6.07, 6.45) is 2.49. The van der Waals surface area contributed by atoms with Crippen LogP contribution >= 0.6 is 12.4 Å². The molecule has 3 aromatic heterocycles. The van der Waals surface area contributed by atoms with E-state index in [-0.39, 0.29) is 41.8 Å². The Morgan fingerprint density at radius 1 is 1.12 bits per heavy atom. The first kappa shape index (κ1) is 24.2. The minimum Gasteiger partial charge on any atom is -0.480 e. The second-order valence-corrected chi connectivity index (χ2v) is 9.37. The van der Waals surface area contributed by atoms with Crippen molar-refractivity contribution < 1.29 is 22.7 Å². The molecule has 0 aliphatic rings. The molecule has 1 atom stereocenters. The SMILES string of the molecule is Cl.NC(Cc1cc2ccccc2o1)(c1cccc(NCC(=O)O)n1)S(=O)(=O)c1cccnc1. The highest BCUT2D eigenvalue weighted by atomic mass is 35.5. The van der Waals surface area contributed by atoms with E-state index < -0.39 is 20.7 Å². The lowest BCUT2D eigenvalue weighted by atomic mass is 10.1. The number of anilines is 1. The third-order valence-corrected chi connectivity index (χ3v) is 7.12. The molecule has 3 heterocycles. The van der Waals surface area contributed by atoms with Crippen LogP contribution in [0.15, 0.2) is 82.4 Å². The average molecular weight is 489 g/mol. The molecule has 4 N–H and O–H groups in total. The van der Waals surface area contributed by atoms with Crippen LogP contribution in [0, 0.1) is 0 Å². The molecule has 0 aliphatic carbocycles. The van der Waals surface area contributed by atoms with Gasteiger partial charge in [0.05, 0.1) is 10.6 Å². The van der Waals surface area contributed by atoms with Crippen molar-refractivity contribution in [3.05, 3.63) is 84.5 Å². The Labute approximate surface area is 196 Å². The van der Waals surface area contributed by atoms with E-state index in [2.05, 4.69) is 15.3 Å². The summed E-state index contributed by atoms with van der Waals surface area (Å²) in [5.41, 5.74) is 7.27. The molecule has 0 saturated heterocycles. The molecule has 4 rings (SSSR count). The topological polar surface area (TPSA) is 148 Å². The summed E-state index contributed by atoms with van der Waals surface area (Å²) in [5.74, 6) is -0.529. The summed E-state index contributed by atoms with van der Waals surface area (Å²) in [6, 6.07) is 16.5. The largest absolute Gasteiger partial charge is 0.480 e. The van der Waals surface area contributed by atoms with Gasteiger partial charge in [-0.25, -0.2) is 13.4 Å². The van der Waals surface area contributed by atoms with Crippen LogP contribution in [0.25, 0.3) is 11.0 Å². The molecule has 9 nitrogen and oxygen atoms in total. The third kappa shape index (κ3) is 4.82. The lowest BCUT2D eigenvalue weighted by Crippen LogP contribution is -2.47. The molecule has 0 bridgehead atoms. The standard InChI is InChI=1S/C22H20N4O5S.ClH/c23-22(32(29,30)17-6-4-10-24-13-17,12-16-11-15-5-1-2-7-18(15)31-16)19-8-3-9-20(26-19)25-14-21(27)28;/h1-11,13H,12,14,23H2,(H,25,26)(H,27,28);1H. The molecule has 4 aromatic rings. The van der Waals surface area contributed by atoms with Crippen LogP contribution in [-0.2, 0) is 25.9 Å². The number of carboxylic acids is 1. The van der Waals surface area contributed by atoms with Gasteiger partial charge in [0, 0.05) is 24.2 Å². The van der Waals surface area contributed by atoms with Crippen molar-refractivity contribution in [3.8, 4) is 0 Å². The number of hydrogen-bond acceptors (Lipinski definition) is 8. The van der Waals surface area contributed by atoms with Gasteiger partial charge in [-0.1, -0.05) is 24.3 Å².